The Balaban J connectivity index is 1.50. The van der Waals surface area contributed by atoms with Gasteiger partial charge in [0.05, 0.1) is 18.3 Å². The van der Waals surface area contributed by atoms with Gasteiger partial charge in [0.15, 0.2) is 5.82 Å². The molecule has 0 aromatic carbocycles. The molecule has 1 amide bonds. The molecule has 9 nitrogen and oxygen atoms in total. The van der Waals surface area contributed by atoms with Gasteiger partial charge in [-0.15, -0.1) is 13.2 Å². The standard InChI is InChI=1S/C20H17F3N6O3/c1-2-17(30)29-8-7-13(10-29)31-16-6-4-14-18(28-16)19(26-11-25-14)27-15-5-3-12(9-24-15)32-20(21,22)23/h2-6,9,11,13H,1,7-8,10H2,(H,24,25,26,27)/t13-/m0/s1. The first kappa shape index (κ1) is 21.3. The number of rotatable bonds is 6. The van der Waals surface area contributed by atoms with E-state index < -0.39 is 12.1 Å². The summed E-state index contributed by atoms with van der Waals surface area (Å²) in [5, 5.41) is 2.91. The summed E-state index contributed by atoms with van der Waals surface area (Å²) in [7, 11) is 0. The van der Waals surface area contributed by atoms with Crippen LogP contribution < -0.4 is 14.8 Å². The number of carbonyl (C=O) groups excluding carboxylic acids is 1. The van der Waals surface area contributed by atoms with E-state index in [9.17, 15) is 18.0 Å². The number of alkyl halides is 3. The van der Waals surface area contributed by atoms with E-state index in [1.54, 1.807) is 17.0 Å². The van der Waals surface area contributed by atoms with Crippen molar-refractivity contribution in [1.82, 2.24) is 24.8 Å². The zero-order chi connectivity index (χ0) is 22.7. The number of amides is 1. The number of aromatic nitrogens is 4. The van der Waals surface area contributed by atoms with Crippen LogP contribution in [0.15, 0.2) is 49.4 Å². The third-order valence-electron chi connectivity index (χ3n) is 4.59. The minimum atomic E-state index is -4.80. The second-order valence-corrected chi connectivity index (χ2v) is 6.81. The molecule has 4 rings (SSSR count). The molecule has 1 fully saturated rings. The first-order valence-corrected chi connectivity index (χ1v) is 9.49. The summed E-state index contributed by atoms with van der Waals surface area (Å²) < 4.78 is 46.6. The molecule has 1 saturated heterocycles. The zero-order valence-corrected chi connectivity index (χ0v) is 16.5. The summed E-state index contributed by atoms with van der Waals surface area (Å²) in [4.78, 5) is 30.0. The highest BCUT2D eigenvalue weighted by atomic mass is 19.4. The van der Waals surface area contributed by atoms with Crippen LogP contribution in [0.4, 0.5) is 24.8 Å². The highest BCUT2D eigenvalue weighted by Crippen LogP contribution is 2.26. The molecule has 32 heavy (non-hydrogen) atoms. The molecule has 1 aliphatic heterocycles. The molecule has 0 radical (unpaired) electrons. The van der Waals surface area contributed by atoms with Crippen molar-refractivity contribution in [2.24, 2.45) is 0 Å². The van der Waals surface area contributed by atoms with Crippen molar-refractivity contribution in [2.45, 2.75) is 18.9 Å². The third kappa shape index (κ3) is 5.02. The van der Waals surface area contributed by atoms with E-state index in [2.05, 4.69) is 36.6 Å². The maximum Gasteiger partial charge on any atom is 0.573 e. The first-order valence-electron chi connectivity index (χ1n) is 9.49. The summed E-state index contributed by atoms with van der Waals surface area (Å²) in [5.74, 6) is 0.274. The fraction of sp³-hybridized carbons (Fsp3) is 0.250. The lowest BCUT2D eigenvalue weighted by Crippen LogP contribution is -2.29. The molecule has 166 valence electrons. The monoisotopic (exact) mass is 446 g/mol. The summed E-state index contributed by atoms with van der Waals surface area (Å²) >= 11 is 0. The first-order chi connectivity index (χ1) is 15.3. The van der Waals surface area contributed by atoms with E-state index in [1.807, 2.05) is 0 Å². The Hall–Kier alpha value is -3.96. The lowest BCUT2D eigenvalue weighted by Gasteiger charge is -2.15. The van der Waals surface area contributed by atoms with Crippen LogP contribution in [0.2, 0.25) is 0 Å². The Morgan fingerprint density at radius 3 is 2.78 bits per heavy atom. The molecule has 0 spiro atoms. The van der Waals surface area contributed by atoms with Crippen molar-refractivity contribution in [1.29, 1.82) is 0 Å². The van der Waals surface area contributed by atoms with Gasteiger partial charge in [-0.2, -0.15) is 0 Å². The summed E-state index contributed by atoms with van der Waals surface area (Å²) in [6.45, 7) is 4.48. The van der Waals surface area contributed by atoms with Crippen molar-refractivity contribution < 1.29 is 27.4 Å². The maximum atomic E-state index is 12.3. The van der Waals surface area contributed by atoms with Crippen molar-refractivity contribution in [2.75, 3.05) is 18.4 Å². The highest BCUT2D eigenvalue weighted by molar-refractivity contribution is 5.87. The number of ether oxygens (including phenoxy) is 2. The number of halogens is 3. The predicted molar refractivity (Wildman–Crippen MR) is 107 cm³/mol. The Labute approximate surface area is 179 Å². The van der Waals surface area contributed by atoms with E-state index >= 15 is 0 Å². The minimum absolute atomic E-state index is 0.151. The van der Waals surface area contributed by atoms with Crippen molar-refractivity contribution in [3.05, 3.63) is 49.4 Å². The SMILES string of the molecule is C=CC(=O)N1CC[C@H](Oc2ccc3ncnc(Nc4ccc(OC(F)(F)F)cn4)c3n2)C1. The molecule has 4 heterocycles. The van der Waals surface area contributed by atoms with Gasteiger partial charge in [-0.1, -0.05) is 6.58 Å². The second kappa shape index (κ2) is 8.65. The summed E-state index contributed by atoms with van der Waals surface area (Å²) in [5.41, 5.74) is 0.918. The number of nitrogens with zero attached hydrogens (tertiary/aromatic N) is 5. The highest BCUT2D eigenvalue weighted by Gasteiger charge is 2.31. The average molecular weight is 446 g/mol. The lowest BCUT2D eigenvalue weighted by atomic mass is 10.3. The van der Waals surface area contributed by atoms with E-state index in [0.717, 1.165) is 12.3 Å². The zero-order valence-electron chi connectivity index (χ0n) is 16.5. The molecule has 3 aromatic heterocycles. The van der Waals surface area contributed by atoms with E-state index in [0.29, 0.717) is 42.2 Å². The lowest BCUT2D eigenvalue weighted by molar-refractivity contribution is -0.274. The fourth-order valence-electron chi connectivity index (χ4n) is 3.17. The van der Waals surface area contributed by atoms with Gasteiger partial charge >= 0.3 is 6.36 Å². The number of hydrogen-bond donors (Lipinski definition) is 1. The van der Waals surface area contributed by atoms with Gasteiger partial charge in [-0.25, -0.2) is 19.9 Å². The van der Waals surface area contributed by atoms with Crippen molar-refractivity contribution >= 4 is 28.6 Å². The second-order valence-electron chi connectivity index (χ2n) is 6.81. The molecule has 0 saturated carbocycles. The third-order valence-corrected chi connectivity index (χ3v) is 4.59. The smallest absolute Gasteiger partial charge is 0.472 e. The van der Waals surface area contributed by atoms with Gasteiger partial charge in [0, 0.05) is 19.0 Å². The van der Waals surface area contributed by atoms with Crippen LogP contribution in [-0.2, 0) is 4.79 Å². The van der Waals surface area contributed by atoms with Gasteiger partial charge in [-0.05, 0) is 24.3 Å². The largest absolute Gasteiger partial charge is 0.573 e. The molecule has 3 aromatic rings. The van der Waals surface area contributed by atoms with E-state index in [1.165, 1.54) is 18.5 Å². The quantitative estimate of drug-likeness (QED) is 0.576. The average Bonchev–Trinajstić information content (AvgIpc) is 3.22. The number of nitrogens with one attached hydrogen (secondary N) is 1. The molecule has 0 unspecified atom stereocenters. The van der Waals surface area contributed by atoms with Gasteiger partial charge in [0.25, 0.3) is 0 Å². The van der Waals surface area contributed by atoms with Gasteiger partial charge in [0.2, 0.25) is 11.8 Å². The molecule has 12 heteroatoms. The normalized spacial score (nSPS) is 16.1. The van der Waals surface area contributed by atoms with E-state index in [4.69, 9.17) is 4.74 Å². The van der Waals surface area contributed by atoms with Gasteiger partial charge in [0.1, 0.15) is 29.5 Å². The van der Waals surface area contributed by atoms with E-state index in [-0.39, 0.29) is 17.8 Å². The maximum absolute atomic E-state index is 12.3. The Bertz CT molecular complexity index is 1140. The molecule has 1 aliphatic rings. The number of hydrogen-bond acceptors (Lipinski definition) is 8. The molecular weight excluding hydrogens is 429 g/mol. The van der Waals surface area contributed by atoms with Crippen LogP contribution in [0.5, 0.6) is 11.6 Å². The van der Waals surface area contributed by atoms with Crippen LogP contribution >= 0.6 is 0 Å². The number of pyridine rings is 2. The van der Waals surface area contributed by atoms with Crippen LogP contribution in [0.1, 0.15) is 6.42 Å². The topological polar surface area (TPSA) is 102 Å². The minimum Gasteiger partial charge on any atom is -0.472 e. The van der Waals surface area contributed by atoms with Crippen LogP contribution in [0, 0.1) is 0 Å². The summed E-state index contributed by atoms with van der Waals surface area (Å²) in [6, 6.07) is 5.82. The van der Waals surface area contributed by atoms with Crippen LogP contribution in [-0.4, -0.2) is 56.3 Å². The van der Waals surface area contributed by atoms with Gasteiger partial charge < -0.3 is 19.7 Å². The number of likely N-dealkylation sites (tertiary alicyclic amines) is 1. The number of fused-ring (bicyclic) bond motifs is 1. The number of anilines is 2. The van der Waals surface area contributed by atoms with Crippen LogP contribution in [0.3, 0.4) is 0 Å². The van der Waals surface area contributed by atoms with Crippen molar-refractivity contribution in [3.8, 4) is 11.6 Å². The molecular formula is C20H17F3N6O3. The molecule has 1 N–H and O–H groups in total. The van der Waals surface area contributed by atoms with Crippen LogP contribution in [0.25, 0.3) is 11.0 Å². The van der Waals surface area contributed by atoms with Crippen molar-refractivity contribution in [3.63, 3.8) is 0 Å². The summed E-state index contributed by atoms with van der Waals surface area (Å²) in [6.07, 6.45) is -0.822. The Morgan fingerprint density at radius 1 is 1.22 bits per heavy atom. The molecule has 1 atom stereocenters. The number of carbonyl (C=O) groups is 1. The predicted octanol–water partition coefficient (Wildman–Crippen LogP) is 3.23. The molecule has 0 aliphatic carbocycles. The van der Waals surface area contributed by atoms with Gasteiger partial charge in [-0.3, -0.25) is 4.79 Å². The Morgan fingerprint density at radius 2 is 2.06 bits per heavy atom. The Kier molecular flexibility index (Phi) is 5.75. The molecule has 0 bridgehead atoms. The fourth-order valence-corrected chi connectivity index (χ4v) is 3.17.